The van der Waals surface area contributed by atoms with Gasteiger partial charge < -0.3 is 10.2 Å². The Kier molecular flexibility index (Phi) is 5.17. The van der Waals surface area contributed by atoms with Crippen LogP contribution in [0.15, 0.2) is 30.3 Å². The molecule has 130 valence electrons. The van der Waals surface area contributed by atoms with Gasteiger partial charge in [-0.05, 0) is 18.4 Å². The maximum atomic E-state index is 15.0. The summed E-state index contributed by atoms with van der Waals surface area (Å²) in [4.78, 5) is 26.3. The molecular formula is C19H25FN2O2. The predicted octanol–water partition coefficient (Wildman–Crippen LogP) is 2.82. The molecule has 4 nitrogen and oxygen atoms in total. The van der Waals surface area contributed by atoms with Crippen LogP contribution in [0.5, 0.6) is 0 Å². The molecule has 1 heterocycles. The second kappa shape index (κ2) is 7.32. The smallest absolute Gasteiger partial charge is 0.259 e. The summed E-state index contributed by atoms with van der Waals surface area (Å²) >= 11 is 0. The number of carbonyl (C=O) groups is 2. The lowest BCUT2D eigenvalue weighted by molar-refractivity contribution is -0.137. The molecule has 0 bridgehead atoms. The van der Waals surface area contributed by atoms with Crippen LogP contribution < -0.4 is 5.32 Å². The van der Waals surface area contributed by atoms with Gasteiger partial charge in [0.1, 0.15) is 0 Å². The Bertz CT molecular complexity index is 586. The number of amides is 2. The number of benzene rings is 1. The van der Waals surface area contributed by atoms with Gasteiger partial charge in [0.15, 0.2) is 0 Å². The van der Waals surface area contributed by atoms with Crippen LogP contribution in [0.25, 0.3) is 0 Å². The van der Waals surface area contributed by atoms with Crippen LogP contribution in [0.4, 0.5) is 4.39 Å². The van der Waals surface area contributed by atoms with E-state index in [1.54, 1.807) is 4.90 Å². The van der Waals surface area contributed by atoms with E-state index in [4.69, 9.17) is 0 Å². The normalized spacial score (nSPS) is 24.8. The zero-order valence-electron chi connectivity index (χ0n) is 14.0. The number of nitrogens with zero attached hydrogens (tertiary/aromatic N) is 1. The minimum atomic E-state index is -1.96. The fourth-order valence-electron chi connectivity index (χ4n) is 3.69. The molecule has 2 amide bonds. The third-order valence-electron chi connectivity index (χ3n) is 5.19. The van der Waals surface area contributed by atoms with Crippen molar-refractivity contribution in [2.24, 2.45) is 5.92 Å². The van der Waals surface area contributed by atoms with Crippen LogP contribution >= 0.6 is 0 Å². The van der Waals surface area contributed by atoms with E-state index in [9.17, 15) is 14.0 Å². The molecule has 24 heavy (non-hydrogen) atoms. The number of hydrogen-bond acceptors (Lipinski definition) is 2. The standard InChI is InChI=1S/C19H25FN2O2/c20-19(18(24)21-13-15-7-3-1-4-8-15)11-12-22(14-19)17(23)16-9-5-2-6-10-16/h1,3-4,7-8,16H,2,5-6,9-14H2,(H,21,24). The minimum Gasteiger partial charge on any atom is -0.349 e. The van der Waals surface area contributed by atoms with Crippen molar-refractivity contribution >= 4 is 11.8 Å². The molecule has 0 radical (unpaired) electrons. The zero-order valence-corrected chi connectivity index (χ0v) is 14.0. The van der Waals surface area contributed by atoms with E-state index in [-0.39, 0.29) is 24.8 Å². The minimum absolute atomic E-state index is 0.0217. The van der Waals surface area contributed by atoms with E-state index in [0.29, 0.717) is 13.1 Å². The summed E-state index contributed by atoms with van der Waals surface area (Å²) in [7, 11) is 0. The van der Waals surface area contributed by atoms with Gasteiger partial charge in [-0.1, -0.05) is 49.6 Å². The lowest BCUT2D eigenvalue weighted by Crippen LogP contribution is -2.46. The molecular weight excluding hydrogens is 307 g/mol. The van der Waals surface area contributed by atoms with Crippen molar-refractivity contribution in [3.63, 3.8) is 0 Å². The van der Waals surface area contributed by atoms with E-state index in [1.807, 2.05) is 30.3 Å². The number of alkyl halides is 1. The molecule has 3 rings (SSSR count). The number of halogens is 1. The lowest BCUT2D eigenvalue weighted by Gasteiger charge is -2.27. The maximum Gasteiger partial charge on any atom is 0.259 e. The summed E-state index contributed by atoms with van der Waals surface area (Å²) in [6.07, 6.45) is 5.21. The summed E-state index contributed by atoms with van der Waals surface area (Å²) in [6, 6.07) is 9.44. The van der Waals surface area contributed by atoms with Crippen molar-refractivity contribution in [1.82, 2.24) is 10.2 Å². The van der Waals surface area contributed by atoms with Crippen molar-refractivity contribution in [3.05, 3.63) is 35.9 Å². The lowest BCUT2D eigenvalue weighted by atomic mass is 9.88. The van der Waals surface area contributed by atoms with Crippen LogP contribution in [-0.4, -0.2) is 35.5 Å². The van der Waals surface area contributed by atoms with E-state index in [0.717, 1.165) is 31.2 Å². The molecule has 1 unspecified atom stereocenters. The SMILES string of the molecule is O=C(C1CCCCC1)N1CCC(F)(C(=O)NCc2ccccc2)C1. The molecule has 1 aromatic rings. The fraction of sp³-hybridized carbons (Fsp3) is 0.579. The Hall–Kier alpha value is -1.91. The van der Waals surface area contributed by atoms with Gasteiger partial charge in [0.2, 0.25) is 11.6 Å². The molecule has 2 aliphatic rings. The number of likely N-dealkylation sites (tertiary alicyclic amines) is 1. The fourth-order valence-corrected chi connectivity index (χ4v) is 3.69. The molecule has 1 saturated carbocycles. The second-order valence-electron chi connectivity index (χ2n) is 6.98. The topological polar surface area (TPSA) is 49.4 Å². The molecule has 1 N–H and O–H groups in total. The van der Waals surface area contributed by atoms with Crippen LogP contribution in [0, 0.1) is 5.92 Å². The van der Waals surface area contributed by atoms with Crippen molar-refractivity contribution in [2.45, 2.75) is 50.7 Å². The molecule has 0 spiro atoms. The number of hydrogen-bond donors (Lipinski definition) is 1. The molecule has 5 heteroatoms. The summed E-state index contributed by atoms with van der Waals surface area (Å²) < 4.78 is 15.0. The monoisotopic (exact) mass is 332 g/mol. The quantitative estimate of drug-likeness (QED) is 0.922. The largest absolute Gasteiger partial charge is 0.349 e. The van der Waals surface area contributed by atoms with Gasteiger partial charge in [-0.3, -0.25) is 9.59 Å². The van der Waals surface area contributed by atoms with Gasteiger partial charge >= 0.3 is 0 Å². The average molecular weight is 332 g/mol. The van der Waals surface area contributed by atoms with Crippen LogP contribution in [0.3, 0.4) is 0 Å². The Morgan fingerprint density at radius 2 is 1.88 bits per heavy atom. The molecule has 1 aliphatic heterocycles. The summed E-state index contributed by atoms with van der Waals surface area (Å²) in [5, 5.41) is 2.67. The molecule has 1 aliphatic carbocycles. The Balaban J connectivity index is 1.54. The number of carbonyl (C=O) groups excluding carboxylic acids is 2. The Labute approximate surface area is 142 Å². The van der Waals surface area contributed by atoms with Crippen molar-refractivity contribution < 1.29 is 14.0 Å². The molecule has 1 atom stereocenters. The number of rotatable bonds is 4. The van der Waals surface area contributed by atoms with Crippen molar-refractivity contribution in [1.29, 1.82) is 0 Å². The van der Waals surface area contributed by atoms with E-state index < -0.39 is 11.6 Å². The van der Waals surface area contributed by atoms with Crippen molar-refractivity contribution in [3.8, 4) is 0 Å². The summed E-state index contributed by atoms with van der Waals surface area (Å²) in [6.45, 7) is 0.537. The first-order chi connectivity index (χ1) is 11.6. The third-order valence-corrected chi connectivity index (χ3v) is 5.19. The van der Waals surface area contributed by atoms with E-state index in [1.165, 1.54) is 6.42 Å². The molecule has 0 aromatic heterocycles. The molecule has 2 fully saturated rings. The Morgan fingerprint density at radius 1 is 1.17 bits per heavy atom. The van der Waals surface area contributed by atoms with Gasteiger partial charge in [-0.2, -0.15) is 0 Å². The predicted molar refractivity (Wildman–Crippen MR) is 89.9 cm³/mol. The van der Waals surface area contributed by atoms with Crippen LogP contribution in [-0.2, 0) is 16.1 Å². The van der Waals surface area contributed by atoms with Crippen LogP contribution in [0.2, 0.25) is 0 Å². The van der Waals surface area contributed by atoms with Gasteiger partial charge in [-0.25, -0.2) is 4.39 Å². The maximum absolute atomic E-state index is 15.0. The highest BCUT2D eigenvalue weighted by molar-refractivity contribution is 5.88. The second-order valence-corrected chi connectivity index (χ2v) is 6.98. The van der Waals surface area contributed by atoms with Gasteiger partial charge in [0, 0.05) is 25.4 Å². The van der Waals surface area contributed by atoms with Crippen LogP contribution in [0.1, 0.15) is 44.1 Å². The highest BCUT2D eigenvalue weighted by Gasteiger charge is 2.47. The summed E-state index contributed by atoms with van der Waals surface area (Å²) in [5.41, 5.74) is -1.03. The average Bonchev–Trinajstić information content (AvgIpc) is 3.04. The number of nitrogens with one attached hydrogen (secondary N) is 1. The highest BCUT2D eigenvalue weighted by Crippen LogP contribution is 2.31. The van der Waals surface area contributed by atoms with E-state index >= 15 is 0 Å². The third kappa shape index (κ3) is 3.77. The first-order valence-electron chi connectivity index (χ1n) is 8.88. The first-order valence-corrected chi connectivity index (χ1v) is 8.88. The van der Waals surface area contributed by atoms with E-state index in [2.05, 4.69) is 5.32 Å². The molecule has 1 aromatic carbocycles. The van der Waals surface area contributed by atoms with Gasteiger partial charge in [0.25, 0.3) is 5.91 Å². The molecule has 1 saturated heterocycles. The Morgan fingerprint density at radius 3 is 2.58 bits per heavy atom. The highest BCUT2D eigenvalue weighted by atomic mass is 19.1. The first kappa shape index (κ1) is 16.9. The van der Waals surface area contributed by atoms with Gasteiger partial charge in [-0.15, -0.1) is 0 Å². The summed E-state index contributed by atoms with van der Waals surface area (Å²) in [5.74, 6) is -0.552. The van der Waals surface area contributed by atoms with Crippen molar-refractivity contribution in [2.75, 3.05) is 13.1 Å². The van der Waals surface area contributed by atoms with Gasteiger partial charge in [0.05, 0.1) is 6.54 Å². The zero-order chi connectivity index (χ0) is 17.0.